The van der Waals surface area contributed by atoms with Gasteiger partial charge in [-0.2, -0.15) is 0 Å². The van der Waals surface area contributed by atoms with Crippen molar-refractivity contribution in [2.45, 2.75) is 83.5 Å². The van der Waals surface area contributed by atoms with E-state index in [1.54, 1.807) is 0 Å². The quantitative estimate of drug-likeness (QED) is 0.562. The highest BCUT2D eigenvalue weighted by Crippen LogP contribution is 2.76. The number of carbonyl (C=O) groups is 3. The maximum absolute atomic E-state index is 13.1. The Balaban J connectivity index is 1.51. The number of esters is 1. The van der Waals surface area contributed by atoms with E-state index < -0.39 is 22.8 Å². The van der Waals surface area contributed by atoms with Gasteiger partial charge in [-0.15, -0.1) is 0 Å². The number of carbonyl (C=O) groups excluding carboxylic acids is 3. The summed E-state index contributed by atoms with van der Waals surface area (Å²) in [6, 6.07) is 0. The van der Waals surface area contributed by atoms with Crippen LogP contribution in [0, 0.1) is 28.6 Å². The number of ether oxygens (including phenoxy) is 2. The number of ketones is 2. The van der Waals surface area contributed by atoms with E-state index in [1.807, 2.05) is 19.9 Å². The first kappa shape index (κ1) is 20.4. The summed E-state index contributed by atoms with van der Waals surface area (Å²) in [5.41, 5.74) is -1.31. The standard InChI is InChI=1S/C24H32O6/c1-13-9-18-17-6-5-15-10-16(26)7-8-21(15,3)24(17)20(30-24)11-22(18,4)23(13,28)19(27)12-29-14(2)25/h10,13,17-18,20,28H,5-9,11-12H2,1-4H3/t13-,17+,18-,20+,21+,22+,23+,24-/m1/s1. The monoisotopic (exact) mass is 416 g/mol. The van der Waals surface area contributed by atoms with Crippen molar-refractivity contribution in [2.24, 2.45) is 28.6 Å². The largest absolute Gasteiger partial charge is 0.458 e. The lowest BCUT2D eigenvalue weighted by atomic mass is 9.46. The van der Waals surface area contributed by atoms with Crippen molar-refractivity contribution in [1.29, 1.82) is 0 Å². The first-order valence-corrected chi connectivity index (χ1v) is 11.3. The van der Waals surface area contributed by atoms with Gasteiger partial charge in [0.2, 0.25) is 5.78 Å². The average molecular weight is 417 g/mol. The average Bonchev–Trinajstić information content (AvgIpc) is 3.36. The molecule has 0 bridgehead atoms. The molecule has 0 aromatic carbocycles. The van der Waals surface area contributed by atoms with Gasteiger partial charge < -0.3 is 14.6 Å². The lowest BCUT2D eigenvalue weighted by molar-refractivity contribution is -0.171. The molecule has 1 heterocycles. The summed E-state index contributed by atoms with van der Waals surface area (Å²) in [5.74, 6) is -0.478. The summed E-state index contributed by atoms with van der Waals surface area (Å²) < 4.78 is 11.5. The third kappa shape index (κ3) is 2.19. The van der Waals surface area contributed by atoms with Crippen molar-refractivity contribution >= 4 is 17.5 Å². The van der Waals surface area contributed by atoms with Crippen LogP contribution in [-0.2, 0) is 23.9 Å². The van der Waals surface area contributed by atoms with Crippen LogP contribution < -0.4 is 0 Å². The fourth-order valence-corrected chi connectivity index (χ4v) is 8.22. The minimum atomic E-state index is -1.52. The van der Waals surface area contributed by atoms with Gasteiger partial charge in [0.1, 0.15) is 11.2 Å². The molecule has 1 saturated heterocycles. The summed E-state index contributed by atoms with van der Waals surface area (Å²) >= 11 is 0. The summed E-state index contributed by atoms with van der Waals surface area (Å²) in [4.78, 5) is 36.4. The van der Waals surface area contributed by atoms with Gasteiger partial charge in [-0.25, -0.2) is 0 Å². The Kier molecular flexibility index (Phi) is 4.10. The smallest absolute Gasteiger partial charge is 0.303 e. The molecule has 6 heteroatoms. The second-order valence-corrected chi connectivity index (χ2v) is 10.8. The number of fused-ring (bicyclic) bond motifs is 3. The number of hydrogen-bond acceptors (Lipinski definition) is 6. The van der Waals surface area contributed by atoms with Gasteiger partial charge in [0.25, 0.3) is 0 Å². The Hall–Kier alpha value is -1.53. The van der Waals surface area contributed by atoms with Crippen LogP contribution in [0.5, 0.6) is 0 Å². The molecule has 164 valence electrons. The van der Waals surface area contributed by atoms with E-state index in [-0.39, 0.29) is 47.3 Å². The fourth-order valence-electron chi connectivity index (χ4n) is 8.22. The minimum Gasteiger partial charge on any atom is -0.458 e. The molecule has 5 rings (SSSR count). The van der Waals surface area contributed by atoms with Crippen LogP contribution in [-0.4, -0.2) is 46.6 Å². The van der Waals surface area contributed by atoms with Crippen molar-refractivity contribution < 1.29 is 29.0 Å². The van der Waals surface area contributed by atoms with E-state index in [0.717, 1.165) is 25.7 Å². The summed E-state index contributed by atoms with van der Waals surface area (Å²) in [7, 11) is 0. The molecule has 1 aliphatic heterocycles. The molecule has 0 amide bonds. The molecule has 1 N–H and O–H groups in total. The second kappa shape index (κ2) is 6.04. The predicted octanol–water partition coefficient (Wildman–Crippen LogP) is 2.76. The van der Waals surface area contributed by atoms with Crippen molar-refractivity contribution in [2.75, 3.05) is 6.61 Å². The van der Waals surface area contributed by atoms with Crippen molar-refractivity contribution in [1.82, 2.24) is 0 Å². The Morgan fingerprint density at radius 1 is 1.27 bits per heavy atom. The molecule has 3 saturated carbocycles. The molecule has 30 heavy (non-hydrogen) atoms. The van der Waals surface area contributed by atoms with Crippen molar-refractivity contribution in [3.63, 3.8) is 0 Å². The highest BCUT2D eigenvalue weighted by molar-refractivity contribution is 5.92. The zero-order valence-corrected chi connectivity index (χ0v) is 18.3. The summed E-state index contributed by atoms with van der Waals surface area (Å²) in [5, 5.41) is 11.8. The maximum Gasteiger partial charge on any atom is 0.303 e. The number of aliphatic hydroxyl groups is 1. The molecule has 0 unspecified atom stereocenters. The molecule has 5 aliphatic rings. The predicted molar refractivity (Wildman–Crippen MR) is 107 cm³/mol. The van der Waals surface area contributed by atoms with Crippen molar-refractivity contribution in [3.05, 3.63) is 11.6 Å². The van der Waals surface area contributed by atoms with E-state index >= 15 is 0 Å². The molecular weight excluding hydrogens is 384 g/mol. The minimum absolute atomic E-state index is 0.0102. The second-order valence-electron chi connectivity index (χ2n) is 10.8. The molecule has 6 nitrogen and oxygen atoms in total. The molecule has 0 aromatic heterocycles. The molecule has 0 aromatic rings. The summed E-state index contributed by atoms with van der Waals surface area (Å²) in [6.45, 7) is 7.14. The fraction of sp³-hybridized carbons (Fsp3) is 0.792. The lowest BCUT2D eigenvalue weighted by Crippen LogP contribution is -2.62. The highest BCUT2D eigenvalue weighted by Gasteiger charge is 2.82. The van der Waals surface area contributed by atoms with Crippen LogP contribution in [0.4, 0.5) is 0 Å². The van der Waals surface area contributed by atoms with Crippen LogP contribution in [0.1, 0.15) is 66.2 Å². The molecule has 1 spiro atoms. The van der Waals surface area contributed by atoms with Gasteiger partial charge in [0.05, 0.1) is 6.10 Å². The SMILES string of the molecule is CC(=O)OCC(=O)[C@@]1(O)[C@H](C)C[C@@H]2[C@@H]3CCC4=CC(=O)CC[C@]4(C)[C@@]34O[C@H]4C[C@@]21C. The number of epoxide rings is 1. The molecule has 4 fully saturated rings. The maximum atomic E-state index is 13.1. The molecule has 0 radical (unpaired) electrons. The normalized spacial score (nSPS) is 51.1. The van der Waals surface area contributed by atoms with E-state index in [9.17, 15) is 19.5 Å². The Morgan fingerprint density at radius 3 is 2.70 bits per heavy atom. The van der Waals surface area contributed by atoms with Gasteiger partial charge in [-0.3, -0.25) is 14.4 Å². The Labute approximate surface area is 177 Å². The van der Waals surface area contributed by atoms with Crippen molar-refractivity contribution in [3.8, 4) is 0 Å². The highest BCUT2D eigenvalue weighted by atomic mass is 16.6. The Morgan fingerprint density at radius 2 is 2.00 bits per heavy atom. The van der Waals surface area contributed by atoms with E-state index in [4.69, 9.17) is 9.47 Å². The first-order valence-electron chi connectivity index (χ1n) is 11.3. The Bertz CT molecular complexity index is 877. The molecule has 4 aliphatic carbocycles. The van der Waals surface area contributed by atoms with Crippen LogP contribution in [0.15, 0.2) is 11.6 Å². The van der Waals surface area contributed by atoms with Gasteiger partial charge >= 0.3 is 5.97 Å². The van der Waals surface area contributed by atoms with E-state index in [1.165, 1.54) is 12.5 Å². The van der Waals surface area contributed by atoms with Gasteiger partial charge in [0, 0.05) is 24.2 Å². The van der Waals surface area contributed by atoms with Crippen LogP contribution in [0.3, 0.4) is 0 Å². The summed E-state index contributed by atoms with van der Waals surface area (Å²) in [6.07, 6.45) is 6.42. The van der Waals surface area contributed by atoms with E-state index in [2.05, 4.69) is 6.92 Å². The first-order chi connectivity index (χ1) is 14.0. The number of hydrogen-bond donors (Lipinski definition) is 1. The number of Topliss-reactive ketones (excluding diaryl/α,β-unsaturated/α-hetero) is 1. The van der Waals surface area contributed by atoms with Crippen LogP contribution in [0.25, 0.3) is 0 Å². The molecular formula is C24H32O6. The topological polar surface area (TPSA) is 93.2 Å². The molecule has 8 atom stereocenters. The number of rotatable bonds is 3. The van der Waals surface area contributed by atoms with Gasteiger partial charge in [0.15, 0.2) is 12.4 Å². The third-order valence-corrected chi connectivity index (χ3v) is 9.75. The van der Waals surface area contributed by atoms with Gasteiger partial charge in [-0.1, -0.05) is 26.3 Å². The van der Waals surface area contributed by atoms with E-state index in [0.29, 0.717) is 12.8 Å². The third-order valence-electron chi connectivity index (χ3n) is 9.75. The lowest BCUT2D eigenvalue weighted by Gasteiger charge is -2.56. The zero-order chi connectivity index (χ0) is 21.7. The van der Waals surface area contributed by atoms with Crippen LogP contribution in [0.2, 0.25) is 0 Å². The van der Waals surface area contributed by atoms with Gasteiger partial charge in [-0.05, 0) is 55.9 Å². The van der Waals surface area contributed by atoms with Crippen LogP contribution >= 0.6 is 0 Å². The zero-order valence-electron chi connectivity index (χ0n) is 18.3.